The first-order chi connectivity index (χ1) is 2.94. The van der Waals surface area contributed by atoms with Crippen molar-refractivity contribution in [1.82, 2.24) is 0 Å². The number of hydrogen-bond donors (Lipinski definition) is 1. The van der Waals surface area contributed by atoms with Crippen LogP contribution in [0.4, 0.5) is 0 Å². The predicted octanol–water partition coefficient (Wildman–Crippen LogP) is -0.0689. The molecule has 44 valence electrons. The summed E-state index contributed by atoms with van der Waals surface area (Å²) in [5.41, 5.74) is 0. The van der Waals surface area contributed by atoms with E-state index in [1.54, 1.807) is 0 Å². The van der Waals surface area contributed by atoms with Gasteiger partial charge in [0.15, 0.2) is 0 Å². The average Bonchev–Trinajstić information content (AvgIpc) is 1.31. The average molecular weight is 118 g/mol. The molecule has 0 aromatic heterocycles. The molecule has 2 heteroatoms. The van der Waals surface area contributed by atoms with Gasteiger partial charge in [-0.15, -0.1) is 0 Å². The van der Waals surface area contributed by atoms with E-state index >= 15 is 0 Å². The molecule has 0 radical (unpaired) electrons. The lowest BCUT2D eigenvalue weighted by Gasteiger charge is -2.21. The van der Waals surface area contributed by atoms with Crippen LogP contribution in [0.1, 0.15) is 20.8 Å². The van der Waals surface area contributed by atoms with E-state index in [1.807, 2.05) is 6.92 Å². The van der Waals surface area contributed by atoms with Crippen molar-refractivity contribution in [2.75, 3.05) is 0 Å². The van der Waals surface area contributed by atoms with Gasteiger partial charge in [0, 0.05) is 10.2 Å². The van der Waals surface area contributed by atoms with Crippen molar-refractivity contribution in [1.29, 1.82) is 0 Å². The maximum Gasteiger partial charge on any atom is 0.0530 e. The molecule has 0 rings (SSSR count). The van der Waals surface area contributed by atoms with Crippen LogP contribution in [0.15, 0.2) is 0 Å². The van der Waals surface area contributed by atoms with Gasteiger partial charge in [0.25, 0.3) is 0 Å². The highest BCUT2D eigenvalue weighted by atomic mass is 28.1. The van der Waals surface area contributed by atoms with Gasteiger partial charge in [-0.1, -0.05) is 13.8 Å². The molecule has 0 bridgehead atoms. The van der Waals surface area contributed by atoms with Crippen LogP contribution in [0.5, 0.6) is 0 Å². The lowest BCUT2D eigenvalue weighted by atomic mass is 10.1. The first-order valence-corrected chi connectivity index (χ1v) is 3.62. The molecule has 1 N–H and O–H groups in total. The van der Waals surface area contributed by atoms with Crippen LogP contribution in [-0.4, -0.2) is 21.5 Å². The van der Waals surface area contributed by atoms with E-state index in [0.29, 0.717) is 0 Å². The Morgan fingerprint density at radius 2 is 1.71 bits per heavy atom. The zero-order valence-electron chi connectivity index (χ0n) is 5.52. The molecule has 0 fully saturated rings. The van der Waals surface area contributed by atoms with Crippen molar-refractivity contribution in [3.8, 4) is 0 Å². The molecular formula is C5H14OSi. The minimum Gasteiger partial charge on any atom is -0.393 e. The number of aliphatic hydroxyl groups is 1. The van der Waals surface area contributed by atoms with Crippen molar-refractivity contribution in [3.63, 3.8) is 0 Å². The molecule has 0 heterocycles. The van der Waals surface area contributed by atoms with Gasteiger partial charge in [-0.05, 0) is 12.0 Å². The largest absolute Gasteiger partial charge is 0.393 e. The summed E-state index contributed by atoms with van der Waals surface area (Å²) in [7, 11) is 1.06. The Bertz CT molecular complexity index is 53.6. The summed E-state index contributed by atoms with van der Waals surface area (Å²) in [6.45, 7) is 5.99. The standard InChI is InChI=1S/C5H14OSi/c1-4(6)5(2,3)7/h4,6H,1-3,7H3. The van der Waals surface area contributed by atoms with Crippen LogP contribution in [0.25, 0.3) is 0 Å². The molecule has 0 aliphatic heterocycles. The second kappa shape index (κ2) is 1.97. The Labute approximate surface area is 48.2 Å². The fourth-order valence-electron chi connectivity index (χ4n) is 0. The quantitative estimate of drug-likeness (QED) is 0.478. The highest BCUT2D eigenvalue weighted by Gasteiger charge is 2.15. The number of aliphatic hydroxyl groups excluding tert-OH is 1. The molecule has 7 heavy (non-hydrogen) atoms. The second-order valence-corrected chi connectivity index (χ2v) is 5.62. The SMILES string of the molecule is CC(O)C(C)(C)[SiH3]. The highest BCUT2D eigenvalue weighted by Crippen LogP contribution is 2.22. The fraction of sp³-hybridized carbons (Fsp3) is 1.00. The molecule has 0 amide bonds. The summed E-state index contributed by atoms with van der Waals surface area (Å²) in [6.07, 6.45) is -0.140. The minimum atomic E-state index is -0.140. The van der Waals surface area contributed by atoms with Crippen molar-refractivity contribution < 1.29 is 5.11 Å². The van der Waals surface area contributed by atoms with Crippen LogP contribution in [0.2, 0.25) is 5.04 Å². The van der Waals surface area contributed by atoms with Gasteiger partial charge in [-0.25, -0.2) is 0 Å². The zero-order valence-corrected chi connectivity index (χ0v) is 7.52. The Balaban J connectivity index is 3.54. The zero-order chi connectivity index (χ0) is 6.08. The van der Waals surface area contributed by atoms with E-state index in [2.05, 4.69) is 13.8 Å². The van der Waals surface area contributed by atoms with Crippen LogP contribution >= 0.6 is 0 Å². The van der Waals surface area contributed by atoms with Crippen LogP contribution < -0.4 is 0 Å². The molecule has 0 spiro atoms. The third kappa shape index (κ3) is 2.82. The van der Waals surface area contributed by atoms with Crippen LogP contribution in [0.3, 0.4) is 0 Å². The molecule has 1 nitrogen and oxygen atoms in total. The van der Waals surface area contributed by atoms with Crippen LogP contribution in [0, 0.1) is 0 Å². The first kappa shape index (κ1) is 7.18. The van der Waals surface area contributed by atoms with E-state index in [0.717, 1.165) is 10.2 Å². The maximum absolute atomic E-state index is 8.92. The first-order valence-electron chi connectivity index (χ1n) is 2.62. The summed E-state index contributed by atoms with van der Waals surface area (Å²) in [5.74, 6) is 0. The summed E-state index contributed by atoms with van der Waals surface area (Å²) in [6, 6.07) is 0. The van der Waals surface area contributed by atoms with Gasteiger partial charge < -0.3 is 5.11 Å². The maximum atomic E-state index is 8.92. The molecule has 1 atom stereocenters. The van der Waals surface area contributed by atoms with Crippen molar-refractivity contribution in [3.05, 3.63) is 0 Å². The molecular weight excluding hydrogens is 104 g/mol. The third-order valence-electron chi connectivity index (χ3n) is 1.25. The van der Waals surface area contributed by atoms with Gasteiger partial charge in [0.05, 0.1) is 6.10 Å². The van der Waals surface area contributed by atoms with Crippen LogP contribution in [-0.2, 0) is 0 Å². The van der Waals surface area contributed by atoms with Crippen molar-refractivity contribution >= 4 is 10.2 Å². The second-order valence-electron chi connectivity index (χ2n) is 3.04. The summed E-state index contributed by atoms with van der Waals surface area (Å²) < 4.78 is 0. The lowest BCUT2D eigenvalue weighted by molar-refractivity contribution is 0.154. The topological polar surface area (TPSA) is 20.2 Å². The monoisotopic (exact) mass is 118 g/mol. The molecule has 1 unspecified atom stereocenters. The van der Waals surface area contributed by atoms with Gasteiger partial charge in [-0.3, -0.25) is 0 Å². The van der Waals surface area contributed by atoms with E-state index in [4.69, 9.17) is 5.11 Å². The Kier molecular flexibility index (Phi) is 2.02. The van der Waals surface area contributed by atoms with Gasteiger partial charge in [0.1, 0.15) is 0 Å². The third-order valence-corrected chi connectivity index (χ3v) is 2.09. The minimum absolute atomic E-state index is 0.140. The van der Waals surface area contributed by atoms with E-state index in [-0.39, 0.29) is 11.1 Å². The van der Waals surface area contributed by atoms with Crippen molar-refractivity contribution in [2.45, 2.75) is 31.9 Å². The Morgan fingerprint density at radius 3 is 1.71 bits per heavy atom. The molecule has 0 aromatic rings. The molecule has 0 saturated heterocycles. The summed E-state index contributed by atoms with van der Waals surface area (Å²) in [5, 5.41) is 9.12. The predicted molar refractivity (Wildman–Crippen MR) is 35.7 cm³/mol. The molecule has 0 aliphatic carbocycles. The Hall–Kier alpha value is 0.177. The van der Waals surface area contributed by atoms with Gasteiger partial charge in [-0.2, -0.15) is 0 Å². The highest BCUT2D eigenvalue weighted by molar-refractivity contribution is 6.14. The molecule has 0 aliphatic rings. The Morgan fingerprint density at radius 1 is 1.57 bits per heavy atom. The number of hydrogen-bond acceptors (Lipinski definition) is 1. The molecule has 0 saturated carbocycles. The summed E-state index contributed by atoms with van der Waals surface area (Å²) >= 11 is 0. The van der Waals surface area contributed by atoms with Gasteiger partial charge >= 0.3 is 0 Å². The van der Waals surface area contributed by atoms with Crippen molar-refractivity contribution in [2.24, 2.45) is 0 Å². The van der Waals surface area contributed by atoms with E-state index in [1.165, 1.54) is 0 Å². The molecule has 0 aromatic carbocycles. The van der Waals surface area contributed by atoms with E-state index < -0.39 is 0 Å². The fourth-order valence-corrected chi connectivity index (χ4v) is 0. The smallest absolute Gasteiger partial charge is 0.0530 e. The summed E-state index contributed by atoms with van der Waals surface area (Å²) in [4.78, 5) is 0. The number of rotatable bonds is 1. The normalized spacial score (nSPS) is 17.1. The van der Waals surface area contributed by atoms with Gasteiger partial charge in [0.2, 0.25) is 0 Å². The van der Waals surface area contributed by atoms with E-state index in [9.17, 15) is 0 Å². The lowest BCUT2D eigenvalue weighted by Crippen LogP contribution is -2.18.